The molecule has 1 fully saturated rings. The third-order valence-corrected chi connectivity index (χ3v) is 5.23. The number of hydrogen-bond acceptors (Lipinski definition) is 5. The lowest BCUT2D eigenvalue weighted by molar-refractivity contribution is 0.161. The van der Waals surface area contributed by atoms with Crippen molar-refractivity contribution in [3.05, 3.63) is 0 Å². The molecule has 0 spiro atoms. The standard InChI is InChI=1S/C9H20N2O2S2/c1-11(4-6-15(2,12)13)9(7-10)3-5-14-8-9/h3-8,10H2,1-2H3. The molecule has 15 heavy (non-hydrogen) atoms. The number of nitrogens with zero attached hydrogens (tertiary/aromatic N) is 1. The van der Waals surface area contributed by atoms with E-state index in [-0.39, 0.29) is 11.3 Å². The summed E-state index contributed by atoms with van der Waals surface area (Å²) in [5.74, 6) is 2.36. The van der Waals surface area contributed by atoms with Crippen molar-refractivity contribution in [1.29, 1.82) is 0 Å². The topological polar surface area (TPSA) is 63.4 Å². The Morgan fingerprint density at radius 2 is 2.20 bits per heavy atom. The highest BCUT2D eigenvalue weighted by Crippen LogP contribution is 2.31. The first-order chi connectivity index (χ1) is 6.90. The molecule has 1 saturated heterocycles. The summed E-state index contributed by atoms with van der Waals surface area (Å²) in [7, 11) is -0.897. The lowest BCUT2D eigenvalue weighted by atomic mass is 9.97. The van der Waals surface area contributed by atoms with Crippen molar-refractivity contribution >= 4 is 21.6 Å². The Kier molecular flexibility index (Phi) is 4.46. The number of sulfone groups is 1. The van der Waals surface area contributed by atoms with Gasteiger partial charge in [0.25, 0.3) is 0 Å². The maximum atomic E-state index is 11.1. The van der Waals surface area contributed by atoms with Gasteiger partial charge >= 0.3 is 0 Å². The normalized spacial score (nSPS) is 27.5. The maximum Gasteiger partial charge on any atom is 0.148 e. The van der Waals surface area contributed by atoms with Crippen LogP contribution in [0.25, 0.3) is 0 Å². The van der Waals surface area contributed by atoms with Gasteiger partial charge in [-0.3, -0.25) is 4.90 Å². The van der Waals surface area contributed by atoms with Gasteiger partial charge in [0, 0.05) is 30.6 Å². The quantitative estimate of drug-likeness (QED) is 0.734. The molecule has 1 atom stereocenters. The van der Waals surface area contributed by atoms with E-state index in [2.05, 4.69) is 4.90 Å². The summed E-state index contributed by atoms with van der Waals surface area (Å²) in [4.78, 5) is 2.12. The van der Waals surface area contributed by atoms with Crippen LogP contribution in [0.2, 0.25) is 0 Å². The number of likely N-dealkylation sites (N-methyl/N-ethyl adjacent to an activating group) is 1. The molecule has 1 unspecified atom stereocenters. The number of hydrogen-bond donors (Lipinski definition) is 1. The Morgan fingerprint density at radius 3 is 2.60 bits per heavy atom. The second-order valence-electron chi connectivity index (χ2n) is 4.28. The molecule has 0 bridgehead atoms. The van der Waals surface area contributed by atoms with E-state index >= 15 is 0 Å². The summed E-state index contributed by atoms with van der Waals surface area (Å²) in [6.45, 7) is 1.19. The van der Waals surface area contributed by atoms with Crippen molar-refractivity contribution < 1.29 is 8.42 Å². The lowest BCUT2D eigenvalue weighted by Gasteiger charge is -2.37. The van der Waals surface area contributed by atoms with Crippen molar-refractivity contribution in [2.24, 2.45) is 5.73 Å². The van der Waals surface area contributed by atoms with E-state index in [1.807, 2.05) is 18.8 Å². The first-order valence-electron chi connectivity index (χ1n) is 5.06. The fraction of sp³-hybridized carbons (Fsp3) is 1.00. The zero-order valence-electron chi connectivity index (χ0n) is 9.40. The van der Waals surface area contributed by atoms with Gasteiger partial charge in [0.2, 0.25) is 0 Å². The molecule has 6 heteroatoms. The fourth-order valence-electron chi connectivity index (χ4n) is 1.75. The second kappa shape index (κ2) is 5.03. The van der Waals surface area contributed by atoms with Crippen LogP contribution >= 0.6 is 11.8 Å². The van der Waals surface area contributed by atoms with Crippen molar-refractivity contribution in [3.8, 4) is 0 Å². The van der Waals surface area contributed by atoms with Gasteiger partial charge in [0.1, 0.15) is 9.84 Å². The van der Waals surface area contributed by atoms with Crippen LogP contribution in [0.3, 0.4) is 0 Å². The average Bonchev–Trinajstić information content (AvgIpc) is 2.62. The first-order valence-corrected chi connectivity index (χ1v) is 8.28. The second-order valence-corrected chi connectivity index (χ2v) is 7.65. The number of thioether (sulfide) groups is 1. The number of nitrogens with two attached hydrogens (primary N) is 1. The van der Waals surface area contributed by atoms with E-state index in [1.54, 1.807) is 0 Å². The molecular formula is C9H20N2O2S2. The Hall–Kier alpha value is 0.220. The van der Waals surface area contributed by atoms with Crippen LogP contribution in [-0.4, -0.2) is 62.5 Å². The maximum absolute atomic E-state index is 11.1. The lowest BCUT2D eigenvalue weighted by Crippen LogP contribution is -2.53. The van der Waals surface area contributed by atoms with Crippen LogP contribution in [0.15, 0.2) is 0 Å². The Balaban J connectivity index is 2.54. The van der Waals surface area contributed by atoms with E-state index in [1.165, 1.54) is 6.26 Å². The average molecular weight is 252 g/mol. The number of rotatable bonds is 5. The molecule has 1 rings (SSSR count). The van der Waals surface area contributed by atoms with Crippen molar-refractivity contribution in [2.75, 3.05) is 43.7 Å². The SMILES string of the molecule is CN(CCS(C)(=O)=O)C1(CN)CCSC1. The Bertz CT molecular complexity index is 297. The van der Waals surface area contributed by atoms with Crippen LogP contribution < -0.4 is 5.73 Å². The van der Waals surface area contributed by atoms with E-state index in [0.717, 1.165) is 17.9 Å². The van der Waals surface area contributed by atoms with Gasteiger partial charge < -0.3 is 5.73 Å². The van der Waals surface area contributed by atoms with Gasteiger partial charge in [-0.1, -0.05) is 0 Å². The van der Waals surface area contributed by atoms with Crippen LogP contribution in [0.1, 0.15) is 6.42 Å². The minimum absolute atomic E-state index is 0.0232. The highest BCUT2D eigenvalue weighted by Gasteiger charge is 2.36. The molecule has 0 aliphatic carbocycles. The van der Waals surface area contributed by atoms with E-state index in [0.29, 0.717) is 13.1 Å². The van der Waals surface area contributed by atoms with Crippen LogP contribution in [0.4, 0.5) is 0 Å². The van der Waals surface area contributed by atoms with Crippen molar-refractivity contribution in [1.82, 2.24) is 4.90 Å². The summed E-state index contributed by atoms with van der Waals surface area (Å²) in [5, 5.41) is 0. The van der Waals surface area contributed by atoms with E-state index < -0.39 is 9.84 Å². The molecule has 0 amide bonds. The Morgan fingerprint density at radius 1 is 1.53 bits per heavy atom. The molecule has 1 aliphatic rings. The van der Waals surface area contributed by atoms with Gasteiger partial charge in [-0.2, -0.15) is 11.8 Å². The molecule has 0 aromatic carbocycles. The molecule has 1 heterocycles. The van der Waals surface area contributed by atoms with Gasteiger partial charge in [0.05, 0.1) is 5.75 Å². The van der Waals surface area contributed by atoms with Gasteiger partial charge in [-0.25, -0.2) is 8.42 Å². The fourth-order valence-corrected chi connectivity index (χ4v) is 3.89. The van der Waals surface area contributed by atoms with Crippen molar-refractivity contribution in [3.63, 3.8) is 0 Å². The zero-order chi connectivity index (χ0) is 11.5. The predicted molar refractivity (Wildman–Crippen MR) is 66.1 cm³/mol. The predicted octanol–water partition coefficient (Wildman–Crippen LogP) is -0.203. The largest absolute Gasteiger partial charge is 0.329 e. The van der Waals surface area contributed by atoms with Gasteiger partial charge in [-0.05, 0) is 19.2 Å². The van der Waals surface area contributed by atoms with Gasteiger partial charge in [0.15, 0.2) is 0 Å². The summed E-state index contributed by atoms with van der Waals surface area (Å²) in [5.41, 5.74) is 5.83. The summed E-state index contributed by atoms with van der Waals surface area (Å²) in [6.07, 6.45) is 2.34. The Labute approximate surface area is 96.5 Å². The van der Waals surface area contributed by atoms with E-state index in [9.17, 15) is 8.42 Å². The van der Waals surface area contributed by atoms with E-state index in [4.69, 9.17) is 5.73 Å². The molecule has 0 saturated carbocycles. The highest BCUT2D eigenvalue weighted by molar-refractivity contribution is 7.99. The monoisotopic (exact) mass is 252 g/mol. The minimum atomic E-state index is -2.87. The van der Waals surface area contributed by atoms with Crippen molar-refractivity contribution in [2.45, 2.75) is 12.0 Å². The third-order valence-electron chi connectivity index (χ3n) is 3.07. The summed E-state index contributed by atoms with van der Waals surface area (Å²) in [6, 6.07) is 0. The smallest absolute Gasteiger partial charge is 0.148 e. The molecule has 2 N–H and O–H groups in total. The summed E-state index contributed by atoms with van der Waals surface area (Å²) < 4.78 is 22.2. The molecule has 0 aromatic heterocycles. The third kappa shape index (κ3) is 3.62. The molecule has 90 valence electrons. The van der Waals surface area contributed by atoms with Crippen LogP contribution in [-0.2, 0) is 9.84 Å². The molecular weight excluding hydrogens is 232 g/mol. The zero-order valence-corrected chi connectivity index (χ0v) is 11.0. The van der Waals surface area contributed by atoms with Crippen LogP contribution in [0, 0.1) is 0 Å². The molecule has 0 aromatic rings. The summed E-state index contributed by atoms with van der Waals surface area (Å²) >= 11 is 1.90. The molecule has 4 nitrogen and oxygen atoms in total. The highest BCUT2D eigenvalue weighted by atomic mass is 32.2. The first kappa shape index (κ1) is 13.3. The molecule has 0 radical (unpaired) electrons. The van der Waals surface area contributed by atoms with Crippen LogP contribution in [0.5, 0.6) is 0 Å². The van der Waals surface area contributed by atoms with Gasteiger partial charge in [-0.15, -0.1) is 0 Å². The molecule has 1 aliphatic heterocycles. The minimum Gasteiger partial charge on any atom is -0.329 e.